The topological polar surface area (TPSA) is 100 Å². The van der Waals surface area contributed by atoms with Crippen LogP contribution in [0.1, 0.15) is 37.7 Å². The van der Waals surface area contributed by atoms with Crippen LogP contribution in [0.3, 0.4) is 0 Å². The number of hydrogen-bond donors (Lipinski definition) is 1. The van der Waals surface area contributed by atoms with Gasteiger partial charge in [0.25, 0.3) is 5.56 Å². The van der Waals surface area contributed by atoms with E-state index in [-0.39, 0.29) is 11.6 Å². The van der Waals surface area contributed by atoms with E-state index in [1.54, 1.807) is 53.0 Å². The lowest BCUT2D eigenvalue weighted by molar-refractivity contribution is 0.130. The van der Waals surface area contributed by atoms with Gasteiger partial charge in [0.05, 0.1) is 35.2 Å². The first-order valence-electron chi connectivity index (χ1n) is 10.6. The molecule has 2 aromatic carbocycles. The Labute approximate surface area is 187 Å². The largest absolute Gasteiger partial charge is 0.383 e. The molecule has 0 saturated heterocycles. The molecule has 1 heterocycles. The molecule has 8 heteroatoms. The van der Waals surface area contributed by atoms with Crippen molar-refractivity contribution in [3.8, 4) is 6.07 Å². The fourth-order valence-electron chi connectivity index (χ4n) is 3.74. The van der Waals surface area contributed by atoms with E-state index in [1.807, 2.05) is 26.0 Å². The molecule has 8 nitrogen and oxygen atoms in total. The summed E-state index contributed by atoms with van der Waals surface area (Å²) in [5.74, 6) is 0.538. The summed E-state index contributed by atoms with van der Waals surface area (Å²) in [7, 11) is 1.57. The third-order valence-corrected chi connectivity index (χ3v) is 5.31. The molecule has 166 valence electrons. The molecule has 0 spiro atoms. The van der Waals surface area contributed by atoms with E-state index in [1.165, 1.54) is 0 Å². The van der Waals surface area contributed by atoms with E-state index in [9.17, 15) is 9.59 Å². The van der Waals surface area contributed by atoms with Crippen molar-refractivity contribution in [2.75, 3.05) is 25.6 Å². The quantitative estimate of drug-likeness (QED) is 0.580. The monoisotopic (exact) mass is 433 g/mol. The molecule has 3 aromatic rings. The molecule has 32 heavy (non-hydrogen) atoms. The molecule has 1 unspecified atom stereocenters. The van der Waals surface area contributed by atoms with Crippen molar-refractivity contribution in [2.45, 2.75) is 32.9 Å². The molecule has 0 saturated carbocycles. The zero-order valence-corrected chi connectivity index (χ0v) is 18.5. The molecule has 0 bridgehead atoms. The number of fused-ring (bicyclic) bond motifs is 1. The summed E-state index contributed by atoms with van der Waals surface area (Å²) in [6.45, 7) is 4.92. The van der Waals surface area contributed by atoms with Crippen molar-refractivity contribution >= 4 is 22.6 Å². The lowest BCUT2D eigenvalue weighted by Crippen LogP contribution is -2.42. The Hall–Kier alpha value is -3.70. The van der Waals surface area contributed by atoms with E-state index in [4.69, 9.17) is 15.0 Å². The second-order valence-corrected chi connectivity index (χ2v) is 7.27. The minimum atomic E-state index is -0.443. The number of anilines is 1. The zero-order valence-electron chi connectivity index (χ0n) is 18.5. The second-order valence-electron chi connectivity index (χ2n) is 7.27. The van der Waals surface area contributed by atoms with Crippen LogP contribution in [-0.4, -0.2) is 40.7 Å². The Kier molecular flexibility index (Phi) is 7.58. The lowest BCUT2D eigenvalue weighted by Gasteiger charge is -2.32. The number of nitriles is 1. The SMILES string of the molecule is CCC(c1nc2ccccc2c(=O)n1CC)N(CCOC)C(=O)Nc1cccc(C#N)c1. The highest BCUT2D eigenvalue weighted by atomic mass is 16.5. The van der Waals surface area contributed by atoms with Gasteiger partial charge >= 0.3 is 6.03 Å². The number of aromatic nitrogens is 2. The van der Waals surface area contributed by atoms with Crippen LogP contribution in [0.5, 0.6) is 0 Å². The van der Waals surface area contributed by atoms with Gasteiger partial charge in [-0.25, -0.2) is 9.78 Å². The number of carbonyl (C=O) groups excluding carboxylic acids is 1. The van der Waals surface area contributed by atoms with E-state index in [2.05, 4.69) is 11.4 Å². The van der Waals surface area contributed by atoms with E-state index >= 15 is 0 Å². The van der Waals surface area contributed by atoms with Gasteiger partial charge in [-0.2, -0.15) is 5.26 Å². The maximum absolute atomic E-state index is 13.3. The van der Waals surface area contributed by atoms with Crippen LogP contribution < -0.4 is 10.9 Å². The number of rotatable bonds is 8. The van der Waals surface area contributed by atoms with Crippen molar-refractivity contribution in [1.29, 1.82) is 5.26 Å². The fraction of sp³-hybridized carbons (Fsp3) is 0.333. The predicted octanol–water partition coefficient (Wildman–Crippen LogP) is 3.92. The molecule has 0 fully saturated rings. The normalized spacial score (nSPS) is 11.7. The average Bonchev–Trinajstić information content (AvgIpc) is 2.81. The fourth-order valence-corrected chi connectivity index (χ4v) is 3.74. The summed E-state index contributed by atoms with van der Waals surface area (Å²) < 4.78 is 6.86. The summed E-state index contributed by atoms with van der Waals surface area (Å²) in [5.41, 5.74) is 1.45. The molecule has 3 rings (SSSR count). The third kappa shape index (κ3) is 4.79. The van der Waals surface area contributed by atoms with E-state index in [0.717, 1.165) is 0 Å². The van der Waals surface area contributed by atoms with Crippen molar-refractivity contribution in [2.24, 2.45) is 0 Å². The molecular weight excluding hydrogens is 406 g/mol. The molecule has 2 amide bonds. The third-order valence-electron chi connectivity index (χ3n) is 5.31. The van der Waals surface area contributed by atoms with Crippen LogP contribution >= 0.6 is 0 Å². The number of hydrogen-bond acceptors (Lipinski definition) is 5. The van der Waals surface area contributed by atoms with Gasteiger partial charge in [0, 0.05) is 25.9 Å². The lowest BCUT2D eigenvalue weighted by atomic mass is 10.1. The Morgan fingerprint density at radius 1 is 1.25 bits per heavy atom. The summed E-state index contributed by atoms with van der Waals surface area (Å²) in [6.07, 6.45) is 0.556. The Morgan fingerprint density at radius 2 is 2.03 bits per heavy atom. The van der Waals surface area contributed by atoms with Crippen LogP contribution in [0.15, 0.2) is 53.3 Å². The van der Waals surface area contributed by atoms with Crippen LogP contribution in [0, 0.1) is 11.3 Å². The summed E-state index contributed by atoms with van der Waals surface area (Å²) in [5, 5.41) is 12.6. The molecule has 0 radical (unpaired) electrons. The first-order valence-corrected chi connectivity index (χ1v) is 10.6. The highest BCUT2D eigenvalue weighted by Gasteiger charge is 2.28. The molecule has 1 N–H and O–H groups in total. The van der Waals surface area contributed by atoms with Crippen molar-refractivity contribution < 1.29 is 9.53 Å². The Bertz CT molecular complexity index is 1200. The zero-order chi connectivity index (χ0) is 23.1. The van der Waals surface area contributed by atoms with E-state index < -0.39 is 6.04 Å². The number of ether oxygens (including phenoxy) is 1. The standard InChI is InChI=1S/C24H27N5O3/c1-4-21(22-27-20-12-7-6-11-19(20)23(30)28(22)5-2)29(13-14-32-3)24(31)26-18-10-8-9-17(15-18)16-25/h6-12,15,21H,4-5,13-14H2,1-3H3,(H,26,31). The average molecular weight is 434 g/mol. The Morgan fingerprint density at radius 3 is 2.72 bits per heavy atom. The highest BCUT2D eigenvalue weighted by Crippen LogP contribution is 2.25. The van der Waals surface area contributed by atoms with Gasteiger partial charge in [0.2, 0.25) is 0 Å². The van der Waals surface area contributed by atoms with Gasteiger partial charge in [-0.3, -0.25) is 9.36 Å². The van der Waals surface area contributed by atoms with Gasteiger partial charge in [0.1, 0.15) is 5.82 Å². The molecule has 1 atom stereocenters. The number of methoxy groups -OCH3 is 1. The van der Waals surface area contributed by atoms with Crippen LogP contribution in [0.4, 0.5) is 10.5 Å². The van der Waals surface area contributed by atoms with Crippen LogP contribution in [0.2, 0.25) is 0 Å². The van der Waals surface area contributed by atoms with Gasteiger partial charge in [-0.15, -0.1) is 0 Å². The maximum Gasteiger partial charge on any atom is 0.322 e. The van der Waals surface area contributed by atoms with Crippen molar-refractivity contribution in [1.82, 2.24) is 14.5 Å². The predicted molar refractivity (Wildman–Crippen MR) is 123 cm³/mol. The molecule has 0 aliphatic rings. The number of amides is 2. The Balaban J connectivity index is 2.04. The minimum absolute atomic E-state index is 0.125. The van der Waals surface area contributed by atoms with Crippen LogP contribution in [0.25, 0.3) is 10.9 Å². The van der Waals surface area contributed by atoms with Gasteiger partial charge in [-0.05, 0) is 43.7 Å². The number of carbonyl (C=O) groups is 1. The summed E-state index contributed by atoms with van der Waals surface area (Å²) >= 11 is 0. The summed E-state index contributed by atoms with van der Waals surface area (Å²) in [6, 6.07) is 15.2. The van der Waals surface area contributed by atoms with E-state index in [0.29, 0.717) is 54.1 Å². The highest BCUT2D eigenvalue weighted by molar-refractivity contribution is 5.90. The van der Waals surface area contributed by atoms with Crippen LogP contribution in [-0.2, 0) is 11.3 Å². The first kappa shape index (κ1) is 23.0. The second kappa shape index (κ2) is 10.6. The molecule has 0 aliphatic heterocycles. The van der Waals surface area contributed by atoms with Crippen molar-refractivity contribution in [3.63, 3.8) is 0 Å². The number of nitrogens with zero attached hydrogens (tertiary/aromatic N) is 4. The van der Waals surface area contributed by atoms with Gasteiger partial charge < -0.3 is 15.0 Å². The van der Waals surface area contributed by atoms with Gasteiger partial charge in [-0.1, -0.05) is 25.1 Å². The number of benzene rings is 2. The summed E-state index contributed by atoms with van der Waals surface area (Å²) in [4.78, 5) is 32.8. The smallest absolute Gasteiger partial charge is 0.322 e. The van der Waals surface area contributed by atoms with Gasteiger partial charge in [0.15, 0.2) is 0 Å². The molecule has 0 aliphatic carbocycles. The first-order chi connectivity index (χ1) is 15.5. The number of urea groups is 1. The molecule has 1 aromatic heterocycles. The maximum atomic E-state index is 13.3. The minimum Gasteiger partial charge on any atom is -0.383 e. The van der Waals surface area contributed by atoms with Crippen molar-refractivity contribution in [3.05, 3.63) is 70.3 Å². The number of para-hydroxylation sites is 1. The molecular formula is C24H27N5O3. The number of nitrogens with one attached hydrogen (secondary N) is 1.